The Balaban J connectivity index is 1.63. The van der Waals surface area contributed by atoms with E-state index < -0.39 is 0 Å². The van der Waals surface area contributed by atoms with E-state index >= 15 is 0 Å². The van der Waals surface area contributed by atoms with E-state index in [4.69, 9.17) is 9.47 Å². The van der Waals surface area contributed by atoms with Crippen LogP contribution in [0.3, 0.4) is 0 Å². The van der Waals surface area contributed by atoms with Crippen LogP contribution in [-0.4, -0.2) is 24.3 Å². The van der Waals surface area contributed by atoms with Gasteiger partial charge >= 0.3 is 0 Å². The Labute approximate surface area is 155 Å². The lowest BCUT2D eigenvalue weighted by Crippen LogP contribution is -2.26. The van der Waals surface area contributed by atoms with E-state index in [0.717, 1.165) is 36.8 Å². The van der Waals surface area contributed by atoms with Crippen LogP contribution < -0.4 is 10.2 Å². The molecule has 2 aromatic rings. The lowest BCUT2D eigenvalue weighted by Gasteiger charge is -2.22. The quantitative estimate of drug-likeness (QED) is 0.643. The highest BCUT2D eigenvalue weighted by Gasteiger charge is 2.15. The summed E-state index contributed by atoms with van der Waals surface area (Å²) in [5, 5.41) is 0.723. The van der Waals surface area contributed by atoms with E-state index in [1.165, 1.54) is 44.1 Å². The zero-order chi connectivity index (χ0) is 18.2. The first-order chi connectivity index (χ1) is 12.8. The summed E-state index contributed by atoms with van der Waals surface area (Å²) in [4.78, 5) is 15.6. The van der Waals surface area contributed by atoms with Gasteiger partial charge in [0.2, 0.25) is 0 Å². The Bertz CT molecular complexity index is 747. The Kier molecular flexibility index (Phi) is 7.13. The molecule has 1 saturated heterocycles. The molecule has 0 amide bonds. The minimum absolute atomic E-state index is 0.00723. The lowest BCUT2D eigenvalue weighted by molar-refractivity contribution is -0.0119. The average Bonchev–Trinajstić information content (AvgIpc) is 2.67. The summed E-state index contributed by atoms with van der Waals surface area (Å²) in [5.74, 6) is 0.539. The maximum absolute atomic E-state index is 12.4. The van der Waals surface area contributed by atoms with Crippen LogP contribution in [0.5, 0.6) is 5.88 Å². The largest absolute Gasteiger partial charge is 0.476 e. The molecule has 0 aliphatic carbocycles. The Morgan fingerprint density at radius 1 is 1.15 bits per heavy atom. The van der Waals surface area contributed by atoms with E-state index in [0.29, 0.717) is 12.5 Å². The average molecular weight is 357 g/mol. The predicted octanol–water partition coefficient (Wildman–Crippen LogP) is 4.99. The Morgan fingerprint density at radius 3 is 2.85 bits per heavy atom. The second-order valence-electron chi connectivity index (χ2n) is 7.34. The molecular formula is C22H31NO3. The molecular weight excluding hydrogens is 326 g/mol. The molecule has 1 aromatic carbocycles. The molecule has 1 atom stereocenters. The number of fused-ring (bicyclic) bond motifs is 1. The number of unbranched alkanes of at least 4 members (excludes halogenated alkanes) is 4. The minimum Gasteiger partial charge on any atom is -0.476 e. The molecule has 2 heterocycles. The molecule has 142 valence electrons. The van der Waals surface area contributed by atoms with Gasteiger partial charge in [-0.3, -0.25) is 4.79 Å². The van der Waals surface area contributed by atoms with Crippen LogP contribution in [-0.2, 0) is 11.2 Å². The van der Waals surface area contributed by atoms with E-state index in [-0.39, 0.29) is 11.5 Å². The summed E-state index contributed by atoms with van der Waals surface area (Å²) in [6, 6.07) is 7.66. The van der Waals surface area contributed by atoms with Gasteiger partial charge < -0.3 is 14.5 Å². The van der Waals surface area contributed by atoms with E-state index in [1.807, 2.05) is 6.07 Å². The van der Waals surface area contributed by atoms with Crippen molar-refractivity contribution in [1.82, 2.24) is 4.98 Å². The zero-order valence-corrected chi connectivity index (χ0v) is 15.9. The van der Waals surface area contributed by atoms with Gasteiger partial charge in [-0.1, -0.05) is 38.7 Å². The summed E-state index contributed by atoms with van der Waals surface area (Å²) in [5.41, 5.74) is 2.15. The highest BCUT2D eigenvalue weighted by atomic mass is 16.5. The van der Waals surface area contributed by atoms with E-state index in [1.54, 1.807) is 6.07 Å². The number of benzene rings is 1. The molecule has 0 spiro atoms. The molecule has 26 heavy (non-hydrogen) atoms. The van der Waals surface area contributed by atoms with Crippen LogP contribution >= 0.6 is 0 Å². The number of aromatic amines is 1. The van der Waals surface area contributed by atoms with Crippen molar-refractivity contribution in [3.05, 3.63) is 40.1 Å². The highest BCUT2D eigenvalue weighted by Crippen LogP contribution is 2.18. The standard InChI is InChI=1S/C22H31NO3/c1-2-3-4-5-6-9-17-11-12-19-20(14-17)23-22(15-21(19)24)26-16-18-10-7-8-13-25-18/h11-12,14-15,18H,2-10,13,16H2,1H3,(H,23,24). The molecule has 1 N–H and O–H groups in total. The SMILES string of the molecule is CCCCCCCc1ccc2c(=O)cc(OCC3CCCCO3)[nH]c2c1. The first kappa shape index (κ1) is 19.0. The van der Waals surface area contributed by atoms with Gasteiger partial charge in [0.25, 0.3) is 0 Å². The van der Waals surface area contributed by atoms with E-state index in [2.05, 4.69) is 24.0 Å². The van der Waals surface area contributed by atoms with Crippen molar-refractivity contribution < 1.29 is 9.47 Å². The summed E-state index contributed by atoms with van der Waals surface area (Å²) >= 11 is 0. The van der Waals surface area contributed by atoms with Crippen LogP contribution in [0.2, 0.25) is 0 Å². The van der Waals surface area contributed by atoms with Crippen molar-refractivity contribution in [2.24, 2.45) is 0 Å². The second-order valence-corrected chi connectivity index (χ2v) is 7.34. The predicted molar refractivity (Wildman–Crippen MR) is 106 cm³/mol. The Hall–Kier alpha value is -1.81. The molecule has 4 nitrogen and oxygen atoms in total. The van der Waals surface area contributed by atoms with Gasteiger partial charge in [-0.2, -0.15) is 0 Å². The van der Waals surface area contributed by atoms with Crippen LogP contribution in [0.4, 0.5) is 0 Å². The third-order valence-electron chi connectivity index (χ3n) is 5.14. The van der Waals surface area contributed by atoms with Crippen molar-refractivity contribution in [3.63, 3.8) is 0 Å². The topological polar surface area (TPSA) is 51.3 Å². The minimum atomic E-state index is 0.00723. The lowest BCUT2D eigenvalue weighted by atomic mass is 10.0. The molecule has 0 bridgehead atoms. The van der Waals surface area contributed by atoms with Gasteiger partial charge in [-0.25, -0.2) is 0 Å². The smallest absolute Gasteiger partial charge is 0.195 e. The number of rotatable bonds is 9. The molecule has 4 heteroatoms. The summed E-state index contributed by atoms with van der Waals surface area (Å²) < 4.78 is 11.5. The number of hydrogen-bond donors (Lipinski definition) is 1. The van der Waals surface area contributed by atoms with Crippen molar-refractivity contribution >= 4 is 10.9 Å². The van der Waals surface area contributed by atoms with Gasteiger partial charge in [0, 0.05) is 18.1 Å². The van der Waals surface area contributed by atoms with Gasteiger partial charge in [0.05, 0.1) is 11.6 Å². The number of ether oxygens (including phenoxy) is 2. The van der Waals surface area contributed by atoms with Gasteiger partial charge in [0.1, 0.15) is 6.61 Å². The Morgan fingerprint density at radius 2 is 2.04 bits per heavy atom. The number of aryl methyl sites for hydroxylation is 1. The first-order valence-electron chi connectivity index (χ1n) is 10.2. The molecule has 1 aliphatic heterocycles. The molecule has 0 radical (unpaired) electrons. The van der Waals surface area contributed by atoms with Crippen molar-refractivity contribution in [2.75, 3.05) is 13.2 Å². The molecule has 1 unspecified atom stereocenters. The maximum atomic E-state index is 12.4. The van der Waals surface area contributed by atoms with Crippen LogP contribution in [0.15, 0.2) is 29.1 Å². The first-order valence-corrected chi connectivity index (χ1v) is 10.2. The highest BCUT2D eigenvalue weighted by molar-refractivity contribution is 5.79. The number of aromatic nitrogens is 1. The normalized spacial score (nSPS) is 17.5. The molecule has 1 fully saturated rings. The van der Waals surface area contributed by atoms with Crippen molar-refractivity contribution in [2.45, 2.75) is 70.8 Å². The molecule has 1 aliphatic rings. The molecule has 3 rings (SSSR count). The molecule has 1 aromatic heterocycles. The van der Waals surface area contributed by atoms with Crippen LogP contribution in [0.25, 0.3) is 10.9 Å². The number of nitrogens with one attached hydrogen (secondary N) is 1. The van der Waals surface area contributed by atoms with Crippen molar-refractivity contribution in [1.29, 1.82) is 0 Å². The fourth-order valence-corrected chi connectivity index (χ4v) is 3.56. The third-order valence-corrected chi connectivity index (χ3v) is 5.14. The third kappa shape index (κ3) is 5.34. The van der Waals surface area contributed by atoms with Gasteiger partial charge in [-0.05, 0) is 49.8 Å². The van der Waals surface area contributed by atoms with Gasteiger partial charge in [-0.15, -0.1) is 0 Å². The molecule has 0 saturated carbocycles. The maximum Gasteiger partial charge on any atom is 0.195 e. The summed E-state index contributed by atoms with van der Waals surface area (Å²) in [6.07, 6.45) is 10.9. The summed E-state index contributed by atoms with van der Waals surface area (Å²) in [6.45, 7) is 3.54. The van der Waals surface area contributed by atoms with Gasteiger partial charge in [0.15, 0.2) is 11.3 Å². The van der Waals surface area contributed by atoms with Crippen LogP contribution in [0, 0.1) is 0 Å². The number of hydrogen-bond acceptors (Lipinski definition) is 3. The zero-order valence-electron chi connectivity index (χ0n) is 15.9. The summed E-state index contributed by atoms with van der Waals surface area (Å²) in [7, 11) is 0. The van der Waals surface area contributed by atoms with Crippen molar-refractivity contribution in [3.8, 4) is 5.88 Å². The fraction of sp³-hybridized carbons (Fsp3) is 0.591. The number of H-pyrrole nitrogens is 1. The fourth-order valence-electron chi connectivity index (χ4n) is 3.56. The van der Waals surface area contributed by atoms with E-state index in [9.17, 15) is 4.79 Å². The second kappa shape index (κ2) is 9.77. The number of pyridine rings is 1. The van der Waals surface area contributed by atoms with Crippen LogP contribution in [0.1, 0.15) is 63.9 Å². The monoisotopic (exact) mass is 357 g/mol.